The fourth-order valence-electron chi connectivity index (χ4n) is 0.680. The average molecular weight is 249 g/mol. The van der Waals surface area contributed by atoms with Crippen LogP contribution >= 0.6 is 27.3 Å². The minimum atomic E-state index is -1.38. The summed E-state index contributed by atoms with van der Waals surface area (Å²) < 4.78 is 0.876. The molecule has 64 valence electrons. The Morgan fingerprint density at radius 3 is 2.67 bits per heavy atom. The van der Waals surface area contributed by atoms with E-state index in [0.717, 1.165) is 9.35 Å². The molecule has 1 aromatic rings. The predicted octanol–water partition coefficient (Wildman–Crippen LogP) is 1.71. The number of halogens is 1. The van der Waals surface area contributed by atoms with Crippen molar-refractivity contribution >= 4 is 39.0 Å². The van der Waals surface area contributed by atoms with Crippen LogP contribution in [0.3, 0.4) is 0 Å². The molecule has 0 aliphatic carbocycles. The van der Waals surface area contributed by atoms with E-state index >= 15 is 0 Å². The molecule has 0 saturated heterocycles. The van der Waals surface area contributed by atoms with Crippen LogP contribution in [-0.2, 0) is 16.0 Å². The SMILES string of the molecule is O=C(O)C(=O)Cc1cc(Br)cs1. The Morgan fingerprint density at radius 2 is 2.25 bits per heavy atom. The Bertz CT molecular complexity index is 318. The number of hydrogen-bond acceptors (Lipinski definition) is 3. The predicted molar refractivity (Wildman–Crippen MR) is 48.4 cm³/mol. The molecule has 1 heterocycles. The smallest absolute Gasteiger partial charge is 0.372 e. The summed E-state index contributed by atoms with van der Waals surface area (Å²) in [7, 11) is 0. The van der Waals surface area contributed by atoms with Crippen molar-refractivity contribution in [2.75, 3.05) is 0 Å². The zero-order valence-electron chi connectivity index (χ0n) is 5.91. The highest BCUT2D eigenvalue weighted by molar-refractivity contribution is 9.10. The van der Waals surface area contributed by atoms with Crippen molar-refractivity contribution in [1.82, 2.24) is 0 Å². The molecule has 0 spiro atoms. The molecule has 0 amide bonds. The Balaban J connectivity index is 2.64. The number of aliphatic carboxylic acids is 1. The average Bonchev–Trinajstić information content (AvgIpc) is 2.35. The molecule has 5 heteroatoms. The van der Waals surface area contributed by atoms with Crippen molar-refractivity contribution in [3.05, 3.63) is 20.8 Å². The molecular formula is C7H5BrO3S. The number of hydrogen-bond donors (Lipinski definition) is 1. The maximum atomic E-state index is 10.7. The summed E-state index contributed by atoms with van der Waals surface area (Å²) in [5.74, 6) is -2.15. The van der Waals surface area contributed by atoms with E-state index in [0.29, 0.717) is 0 Å². The molecule has 12 heavy (non-hydrogen) atoms. The van der Waals surface area contributed by atoms with Gasteiger partial charge in [0.05, 0.1) is 6.42 Å². The van der Waals surface area contributed by atoms with E-state index in [1.165, 1.54) is 11.3 Å². The van der Waals surface area contributed by atoms with Crippen LogP contribution in [0.1, 0.15) is 4.88 Å². The second kappa shape index (κ2) is 3.82. The Kier molecular flexibility index (Phi) is 2.99. The first kappa shape index (κ1) is 9.41. The molecule has 0 radical (unpaired) electrons. The first-order valence-electron chi connectivity index (χ1n) is 3.08. The summed E-state index contributed by atoms with van der Waals surface area (Å²) >= 11 is 4.58. The molecule has 0 aliphatic heterocycles. The second-order valence-electron chi connectivity index (χ2n) is 2.14. The number of carbonyl (C=O) groups excluding carboxylic acids is 1. The Morgan fingerprint density at radius 1 is 1.58 bits per heavy atom. The van der Waals surface area contributed by atoms with Gasteiger partial charge in [0, 0.05) is 14.7 Å². The van der Waals surface area contributed by atoms with Crippen LogP contribution in [0.25, 0.3) is 0 Å². The fourth-order valence-corrected chi connectivity index (χ4v) is 2.13. The van der Waals surface area contributed by atoms with Gasteiger partial charge in [-0.25, -0.2) is 4.79 Å². The van der Waals surface area contributed by atoms with E-state index in [4.69, 9.17) is 5.11 Å². The zero-order chi connectivity index (χ0) is 9.14. The Labute approximate surface area is 81.2 Å². The summed E-state index contributed by atoms with van der Waals surface area (Å²) in [5, 5.41) is 10.1. The third kappa shape index (κ3) is 2.42. The van der Waals surface area contributed by atoms with Gasteiger partial charge in [0.25, 0.3) is 0 Å². The third-order valence-corrected chi connectivity index (χ3v) is 2.89. The van der Waals surface area contributed by atoms with Crippen LogP contribution in [0.5, 0.6) is 0 Å². The number of thiophene rings is 1. The van der Waals surface area contributed by atoms with Gasteiger partial charge in [-0.05, 0) is 22.0 Å². The van der Waals surface area contributed by atoms with E-state index in [1.54, 1.807) is 6.07 Å². The van der Waals surface area contributed by atoms with Crippen LogP contribution < -0.4 is 0 Å². The van der Waals surface area contributed by atoms with Gasteiger partial charge >= 0.3 is 5.97 Å². The number of ketones is 1. The highest BCUT2D eigenvalue weighted by Crippen LogP contribution is 2.20. The van der Waals surface area contributed by atoms with Crippen molar-refractivity contribution in [2.45, 2.75) is 6.42 Å². The largest absolute Gasteiger partial charge is 0.475 e. The van der Waals surface area contributed by atoms with Gasteiger partial charge in [-0.3, -0.25) is 4.79 Å². The normalized spacial score (nSPS) is 9.75. The summed E-state index contributed by atoms with van der Waals surface area (Å²) in [6.07, 6.45) is -0.0222. The Hall–Kier alpha value is -0.680. The van der Waals surface area contributed by atoms with Gasteiger partial charge in [-0.1, -0.05) is 0 Å². The molecule has 1 aromatic heterocycles. The van der Waals surface area contributed by atoms with E-state index in [-0.39, 0.29) is 6.42 Å². The molecule has 3 nitrogen and oxygen atoms in total. The molecule has 0 atom stereocenters. The van der Waals surface area contributed by atoms with Crippen LogP contribution in [-0.4, -0.2) is 16.9 Å². The van der Waals surface area contributed by atoms with Crippen LogP contribution in [0.4, 0.5) is 0 Å². The number of Topliss-reactive ketones (excluding diaryl/α,β-unsaturated/α-hetero) is 1. The maximum Gasteiger partial charge on any atom is 0.372 e. The maximum absolute atomic E-state index is 10.7. The first-order valence-corrected chi connectivity index (χ1v) is 4.76. The fraction of sp³-hybridized carbons (Fsp3) is 0.143. The standard InChI is InChI=1S/C7H5BrO3S/c8-4-1-5(12-3-4)2-6(9)7(10)11/h1,3H,2H2,(H,10,11). The minimum Gasteiger partial charge on any atom is -0.475 e. The molecular weight excluding hydrogens is 244 g/mol. The molecule has 0 saturated carbocycles. The number of carbonyl (C=O) groups is 2. The van der Waals surface area contributed by atoms with Gasteiger partial charge in [-0.2, -0.15) is 0 Å². The molecule has 0 unspecified atom stereocenters. The van der Waals surface area contributed by atoms with Crippen LogP contribution in [0, 0.1) is 0 Å². The lowest BCUT2D eigenvalue weighted by Gasteiger charge is -1.89. The van der Waals surface area contributed by atoms with Gasteiger partial charge < -0.3 is 5.11 Å². The van der Waals surface area contributed by atoms with Crippen LogP contribution in [0.2, 0.25) is 0 Å². The van der Waals surface area contributed by atoms with Crippen molar-refractivity contribution in [2.24, 2.45) is 0 Å². The number of carboxylic acid groups (broad SMARTS) is 1. The van der Waals surface area contributed by atoms with E-state index in [2.05, 4.69) is 15.9 Å². The van der Waals surface area contributed by atoms with Gasteiger partial charge in [0.1, 0.15) is 0 Å². The molecule has 1 rings (SSSR count). The third-order valence-electron chi connectivity index (χ3n) is 1.20. The monoisotopic (exact) mass is 248 g/mol. The first-order chi connectivity index (χ1) is 5.59. The minimum absolute atomic E-state index is 0.0222. The second-order valence-corrected chi connectivity index (χ2v) is 4.05. The quantitative estimate of drug-likeness (QED) is 0.829. The number of rotatable bonds is 3. The van der Waals surface area contributed by atoms with Crippen molar-refractivity contribution in [3.8, 4) is 0 Å². The summed E-state index contributed by atoms with van der Waals surface area (Å²) in [6, 6.07) is 1.74. The van der Waals surface area contributed by atoms with Gasteiger partial charge in [0.15, 0.2) is 0 Å². The lowest BCUT2D eigenvalue weighted by molar-refractivity contribution is -0.148. The number of carboxylic acids is 1. The highest BCUT2D eigenvalue weighted by atomic mass is 79.9. The van der Waals surface area contributed by atoms with Crippen molar-refractivity contribution in [3.63, 3.8) is 0 Å². The van der Waals surface area contributed by atoms with E-state index in [9.17, 15) is 9.59 Å². The summed E-state index contributed by atoms with van der Waals surface area (Å²) in [6.45, 7) is 0. The summed E-state index contributed by atoms with van der Waals surface area (Å²) in [4.78, 5) is 21.6. The van der Waals surface area contributed by atoms with Crippen molar-refractivity contribution in [1.29, 1.82) is 0 Å². The topological polar surface area (TPSA) is 54.4 Å². The molecule has 0 bridgehead atoms. The summed E-state index contributed by atoms with van der Waals surface area (Å²) in [5.41, 5.74) is 0. The zero-order valence-corrected chi connectivity index (χ0v) is 8.31. The highest BCUT2D eigenvalue weighted by Gasteiger charge is 2.12. The van der Waals surface area contributed by atoms with E-state index in [1.807, 2.05) is 5.38 Å². The van der Waals surface area contributed by atoms with E-state index < -0.39 is 11.8 Å². The molecule has 0 aliphatic rings. The lowest BCUT2D eigenvalue weighted by atomic mass is 10.2. The molecule has 0 aromatic carbocycles. The van der Waals surface area contributed by atoms with Gasteiger partial charge in [-0.15, -0.1) is 11.3 Å². The molecule has 0 fully saturated rings. The van der Waals surface area contributed by atoms with Crippen molar-refractivity contribution < 1.29 is 14.7 Å². The lowest BCUT2D eigenvalue weighted by Crippen LogP contribution is -2.14. The van der Waals surface area contributed by atoms with Crippen LogP contribution in [0.15, 0.2) is 15.9 Å². The van der Waals surface area contributed by atoms with Gasteiger partial charge in [0.2, 0.25) is 5.78 Å². The molecule has 1 N–H and O–H groups in total.